The number of amides is 1. The van der Waals surface area contributed by atoms with Crippen molar-refractivity contribution in [1.29, 1.82) is 0 Å². The Hall–Kier alpha value is -1.32. The van der Waals surface area contributed by atoms with Gasteiger partial charge in [0.25, 0.3) is 5.91 Å². The number of likely N-dealkylation sites (tertiary alicyclic amines) is 1. The molecule has 1 saturated heterocycles. The van der Waals surface area contributed by atoms with Crippen molar-refractivity contribution in [1.82, 2.24) is 10.1 Å². The highest BCUT2D eigenvalue weighted by Gasteiger charge is 2.37. The lowest BCUT2D eigenvalue weighted by Crippen LogP contribution is -2.41. The molecule has 2 heterocycles. The Labute approximate surface area is 138 Å². The third-order valence-electron chi connectivity index (χ3n) is 6.16. The van der Waals surface area contributed by atoms with Crippen LogP contribution in [0.5, 0.6) is 0 Å². The van der Waals surface area contributed by atoms with Gasteiger partial charge in [-0.15, -0.1) is 0 Å². The molecule has 1 atom stereocenters. The third kappa shape index (κ3) is 2.92. The number of carbonyl (C=O) groups excluding carboxylic acids is 1. The van der Waals surface area contributed by atoms with Crippen molar-refractivity contribution in [3.8, 4) is 0 Å². The predicted molar refractivity (Wildman–Crippen MR) is 88.4 cm³/mol. The number of hydrogen-bond donors (Lipinski definition) is 0. The highest BCUT2D eigenvalue weighted by molar-refractivity contribution is 5.94. The minimum Gasteiger partial charge on any atom is -0.360 e. The molecule has 0 bridgehead atoms. The zero-order valence-electron chi connectivity index (χ0n) is 14.1. The summed E-state index contributed by atoms with van der Waals surface area (Å²) in [6.45, 7) is 0.904. The van der Waals surface area contributed by atoms with Crippen LogP contribution in [0.1, 0.15) is 86.0 Å². The lowest BCUT2D eigenvalue weighted by Gasteiger charge is -2.33. The predicted octanol–water partition coefficient (Wildman–Crippen LogP) is 4.13. The molecule has 1 aliphatic heterocycles. The number of fused-ring (bicyclic) bond motifs is 1. The molecule has 1 amide bonds. The Morgan fingerprint density at radius 1 is 0.957 bits per heavy atom. The smallest absolute Gasteiger partial charge is 0.276 e. The largest absolute Gasteiger partial charge is 0.360 e. The maximum Gasteiger partial charge on any atom is 0.276 e. The van der Waals surface area contributed by atoms with Crippen molar-refractivity contribution in [3.63, 3.8) is 0 Å². The lowest BCUT2D eigenvalue weighted by molar-refractivity contribution is 0.0650. The van der Waals surface area contributed by atoms with E-state index >= 15 is 0 Å². The van der Waals surface area contributed by atoms with Crippen molar-refractivity contribution in [3.05, 3.63) is 17.0 Å². The van der Waals surface area contributed by atoms with Crippen molar-refractivity contribution in [2.45, 2.75) is 83.1 Å². The first-order valence-corrected chi connectivity index (χ1v) is 9.63. The molecule has 3 aliphatic rings. The molecule has 0 spiro atoms. The van der Waals surface area contributed by atoms with Gasteiger partial charge in [-0.2, -0.15) is 0 Å². The van der Waals surface area contributed by atoms with Gasteiger partial charge >= 0.3 is 0 Å². The average molecular weight is 316 g/mol. The maximum atomic E-state index is 13.1. The molecule has 4 nitrogen and oxygen atoms in total. The molecule has 1 saturated carbocycles. The Bertz CT molecular complexity index is 560. The first kappa shape index (κ1) is 15.2. The fourth-order valence-corrected chi connectivity index (χ4v) is 4.92. The van der Waals surface area contributed by atoms with Gasteiger partial charge in [-0.1, -0.05) is 30.8 Å². The molecule has 0 unspecified atom stereocenters. The average Bonchev–Trinajstić information content (AvgIpc) is 3.17. The van der Waals surface area contributed by atoms with Crippen LogP contribution in [0, 0.1) is 5.92 Å². The second kappa shape index (κ2) is 6.66. The van der Waals surface area contributed by atoms with E-state index in [4.69, 9.17) is 4.52 Å². The molecule has 4 heteroatoms. The second-order valence-corrected chi connectivity index (χ2v) is 7.60. The fraction of sp³-hybridized carbons (Fsp3) is 0.789. The van der Waals surface area contributed by atoms with Crippen LogP contribution >= 0.6 is 0 Å². The van der Waals surface area contributed by atoms with E-state index in [9.17, 15) is 4.79 Å². The van der Waals surface area contributed by atoms with E-state index in [-0.39, 0.29) is 5.91 Å². The van der Waals surface area contributed by atoms with Crippen LogP contribution in [0.25, 0.3) is 0 Å². The standard InChI is InChI=1S/C19H28N2O2/c22-19(18-15-10-5-2-6-12-17(15)23-20-18)21-13-7-11-16(21)14-8-3-1-4-9-14/h14,16H,1-13H2/t16-/m1/s1. The Kier molecular flexibility index (Phi) is 4.41. The van der Waals surface area contributed by atoms with Crippen LogP contribution in [0.4, 0.5) is 0 Å². The topological polar surface area (TPSA) is 46.3 Å². The van der Waals surface area contributed by atoms with E-state index < -0.39 is 0 Å². The molecular formula is C19H28N2O2. The van der Waals surface area contributed by atoms with Crippen molar-refractivity contribution >= 4 is 5.91 Å². The zero-order chi connectivity index (χ0) is 15.6. The minimum absolute atomic E-state index is 0.143. The molecule has 4 rings (SSSR count). The summed E-state index contributed by atoms with van der Waals surface area (Å²) in [7, 11) is 0. The van der Waals surface area contributed by atoms with Crippen LogP contribution in [0.2, 0.25) is 0 Å². The van der Waals surface area contributed by atoms with Gasteiger partial charge in [-0.3, -0.25) is 4.79 Å². The van der Waals surface area contributed by atoms with Gasteiger partial charge in [0.2, 0.25) is 0 Å². The van der Waals surface area contributed by atoms with E-state index in [1.54, 1.807) is 0 Å². The Morgan fingerprint density at radius 2 is 1.74 bits per heavy atom. The first-order chi connectivity index (χ1) is 11.3. The van der Waals surface area contributed by atoms with Crippen molar-refractivity contribution in [2.24, 2.45) is 5.92 Å². The van der Waals surface area contributed by atoms with E-state index in [1.165, 1.54) is 44.9 Å². The lowest BCUT2D eigenvalue weighted by atomic mass is 9.83. The summed E-state index contributed by atoms with van der Waals surface area (Å²) in [5.74, 6) is 1.82. The van der Waals surface area contributed by atoms with E-state index in [0.29, 0.717) is 17.7 Å². The molecule has 0 aromatic carbocycles. The molecule has 126 valence electrons. The van der Waals surface area contributed by atoms with Gasteiger partial charge in [0.1, 0.15) is 5.76 Å². The monoisotopic (exact) mass is 316 g/mol. The molecule has 2 fully saturated rings. The van der Waals surface area contributed by atoms with Gasteiger partial charge in [0.15, 0.2) is 5.69 Å². The van der Waals surface area contributed by atoms with E-state index in [2.05, 4.69) is 10.1 Å². The number of aryl methyl sites for hydroxylation is 1. The van der Waals surface area contributed by atoms with Crippen LogP contribution in [0.15, 0.2) is 4.52 Å². The Balaban J connectivity index is 1.55. The summed E-state index contributed by atoms with van der Waals surface area (Å²) in [6.07, 6.45) is 14.4. The molecule has 23 heavy (non-hydrogen) atoms. The third-order valence-corrected chi connectivity index (χ3v) is 6.16. The zero-order valence-corrected chi connectivity index (χ0v) is 14.1. The number of carbonyl (C=O) groups is 1. The molecular weight excluding hydrogens is 288 g/mol. The fourth-order valence-electron chi connectivity index (χ4n) is 4.92. The molecule has 0 radical (unpaired) electrons. The number of aromatic nitrogens is 1. The van der Waals surface area contributed by atoms with Gasteiger partial charge in [-0.05, 0) is 50.9 Å². The summed E-state index contributed by atoms with van der Waals surface area (Å²) >= 11 is 0. The quantitative estimate of drug-likeness (QED) is 0.771. The summed E-state index contributed by atoms with van der Waals surface area (Å²) < 4.78 is 5.53. The first-order valence-electron chi connectivity index (χ1n) is 9.63. The summed E-state index contributed by atoms with van der Waals surface area (Å²) in [5, 5.41) is 4.20. The van der Waals surface area contributed by atoms with Gasteiger partial charge in [-0.25, -0.2) is 0 Å². The normalized spacial score (nSPS) is 26.1. The Morgan fingerprint density at radius 3 is 2.61 bits per heavy atom. The number of rotatable bonds is 2. The van der Waals surface area contributed by atoms with Crippen LogP contribution in [-0.4, -0.2) is 28.6 Å². The van der Waals surface area contributed by atoms with Gasteiger partial charge in [0.05, 0.1) is 0 Å². The van der Waals surface area contributed by atoms with Crippen LogP contribution in [-0.2, 0) is 12.8 Å². The molecule has 2 aliphatic carbocycles. The van der Waals surface area contributed by atoms with E-state index in [0.717, 1.165) is 50.0 Å². The summed E-state index contributed by atoms with van der Waals surface area (Å²) in [4.78, 5) is 15.3. The minimum atomic E-state index is 0.143. The van der Waals surface area contributed by atoms with Gasteiger partial charge in [0, 0.05) is 24.6 Å². The molecule has 1 aromatic rings. The highest BCUT2D eigenvalue weighted by Crippen LogP contribution is 2.35. The van der Waals surface area contributed by atoms with Crippen molar-refractivity contribution in [2.75, 3.05) is 6.54 Å². The SMILES string of the molecule is O=C(c1noc2c1CCCCC2)N1CCC[C@@H]1C1CCCCC1. The van der Waals surface area contributed by atoms with Gasteiger partial charge < -0.3 is 9.42 Å². The highest BCUT2D eigenvalue weighted by atomic mass is 16.5. The maximum absolute atomic E-state index is 13.1. The van der Waals surface area contributed by atoms with Crippen molar-refractivity contribution < 1.29 is 9.32 Å². The van der Waals surface area contributed by atoms with E-state index in [1.807, 2.05) is 0 Å². The second-order valence-electron chi connectivity index (χ2n) is 7.60. The molecule has 1 aromatic heterocycles. The number of nitrogens with zero attached hydrogens (tertiary/aromatic N) is 2. The number of hydrogen-bond acceptors (Lipinski definition) is 3. The molecule has 0 N–H and O–H groups in total. The summed E-state index contributed by atoms with van der Waals surface area (Å²) in [5.41, 5.74) is 1.74. The van der Waals surface area contributed by atoms with Crippen LogP contribution in [0.3, 0.4) is 0 Å². The summed E-state index contributed by atoms with van der Waals surface area (Å²) in [6, 6.07) is 0.445. The van der Waals surface area contributed by atoms with Crippen LogP contribution < -0.4 is 0 Å².